The molecule has 0 saturated heterocycles. The van der Waals surface area contributed by atoms with Crippen LogP contribution in [0.4, 0.5) is 5.69 Å². The van der Waals surface area contributed by atoms with Crippen molar-refractivity contribution in [1.29, 1.82) is 0 Å². The molecule has 0 aliphatic rings. The van der Waals surface area contributed by atoms with Crippen molar-refractivity contribution in [2.75, 3.05) is 26.1 Å². The fourth-order valence-electron chi connectivity index (χ4n) is 1.73. The fraction of sp³-hybridized carbons (Fsp3) is 0.250. The van der Waals surface area contributed by atoms with E-state index in [2.05, 4.69) is 10.3 Å². The summed E-state index contributed by atoms with van der Waals surface area (Å²) >= 11 is 0. The van der Waals surface area contributed by atoms with Crippen LogP contribution in [0.15, 0.2) is 42.6 Å². The Labute approximate surface area is 129 Å². The molecule has 22 heavy (non-hydrogen) atoms. The van der Waals surface area contributed by atoms with E-state index in [9.17, 15) is 4.79 Å². The van der Waals surface area contributed by atoms with Gasteiger partial charge in [0.25, 0.3) is 0 Å². The zero-order chi connectivity index (χ0) is 15.8. The Morgan fingerprint density at radius 3 is 2.36 bits per heavy atom. The highest BCUT2D eigenvalue weighted by molar-refractivity contribution is 5.90. The first kappa shape index (κ1) is 15.6. The van der Waals surface area contributed by atoms with Crippen LogP contribution >= 0.6 is 0 Å². The van der Waals surface area contributed by atoms with Gasteiger partial charge in [-0.15, -0.1) is 0 Å². The summed E-state index contributed by atoms with van der Waals surface area (Å²) < 4.78 is 15.5. The van der Waals surface area contributed by atoms with Crippen molar-refractivity contribution in [3.8, 4) is 17.4 Å². The van der Waals surface area contributed by atoms with Crippen molar-refractivity contribution < 1.29 is 19.0 Å². The SMILES string of the molecule is COc1ccc(OCCC(=O)Nc2ccc(OC)nc2)cc1. The van der Waals surface area contributed by atoms with Gasteiger partial charge in [-0.2, -0.15) is 0 Å². The summed E-state index contributed by atoms with van der Waals surface area (Å²) in [4.78, 5) is 15.8. The molecule has 1 N–H and O–H groups in total. The Bertz CT molecular complexity index is 597. The Morgan fingerprint density at radius 1 is 1.05 bits per heavy atom. The third-order valence-electron chi connectivity index (χ3n) is 2.89. The predicted molar refractivity (Wildman–Crippen MR) is 82.5 cm³/mol. The molecule has 0 aliphatic heterocycles. The van der Waals surface area contributed by atoms with E-state index in [1.165, 1.54) is 7.11 Å². The van der Waals surface area contributed by atoms with Crippen LogP contribution in [0, 0.1) is 0 Å². The number of nitrogens with one attached hydrogen (secondary N) is 1. The summed E-state index contributed by atoms with van der Waals surface area (Å²) in [6.45, 7) is 0.293. The quantitative estimate of drug-likeness (QED) is 0.851. The standard InChI is InChI=1S/C16H18N2O4/c1-20-13-4-6-14(7-5-13)22-10-9-15(19)18-12-3-8-16(21-2)17-11-12/h3-8,11H,9-10H2,1-2H3,(H,18,19). The van der Waals surface area contributed by atoms with Crippen LogP contribution in [0.25, 0.3) is 0 Å². The van der Waals surface area contributed by atoms with Gasteiger partial charge in [0.05, 0.1) is 39.1 Å². The van der Waals surface area contributed by atoms with Gasteiger partial charge in [-0.25, -0.2) is 4.98 Å². The number of rotatable bonds is 7. The number of benzene rings is 1. The van der Waals surface area contributed by atoms with E-state index in [1.54, 1.807) is 49.7 Å². The van der Waals surface area contributed by atoms with Crippen LogP contribution < -0.4 is 19.5 Å². The van der Waals surface area contributed by atoms with Gasteiger partial charge in [0, 0.05) is 6.07 Å². The number of hydrogen-bond donors (Lipinski definition) is 1. The second-order valence-corrected chi connectivity index (χ2v) is 4.41. The van der Waals surface area contributed by atoms with Crippen molar-refractivity contribution in [2.24, 2.45) is 0 Å². The summed E-state index contributed by atoms with van der Waals surface area (Å²) in [6.07, 6.45) is 1.79. The van der Waals surface area contributed by atoms with E-state index in [1.807, 2.05) is 0 Å². The van der Waals surface area contributed by atoms with Crippen LogP contribution in [0.1, 0.15) is 6.42 Å². The van der Waals surface area contributed by atoms with E-state index >= 15 is 0 Å². The zero-order valence-electron chi connectivity index (χ0n) is 12.5. The molecule has 0 saturated carbocycles. The Hall–Kier alpha value is -2.76. The first-order valence-electron chi connectivity index (χ1n) is 6.78. The maximum absolute atomic E-state index is 11.8. The Kier molecular flexibility index (Phi) is 5.59. The van der Waals surface area contributed by atoms with Crippen molar-refractivity contribution >= 4 is 11.6 Å². The van der Waals surface area contributed by atoms with E-state index in [4.69, 9.17) is 14.2 Å². The van der Waals surface area contributed by atoms with Crippen molar-refractivity contribution in [1.82, 2.24) is 4.98 Å². The average molecular weight is 302 g/mol. The molecule has 0 fully saturated rings. The van der Waals surface area contributed by atoms with Crippen LogP contribution in [-0.2, 0) is 4.79 Å². The molecule has 2 rings (SSSR count). The molecule has 1 heterocycles. The predicted octanol–water partition coefficient (Wildman–Crippen LogP) is 2.51. The molecule has 0 unspecified atom stereocenters. The lowest BCUT2D eigenvalue weighted by molar-refractivity contribution is -0.116. The molecule has 2 aromatic rings. The lowest BCUT2D eigenvalue weighted by Gasteiger charge is -2.08. The minimum absolute atomic E-state index is 0.138. The van der Waals surface area contributed by atoms with E-state index in [0.29, 0.717) is 23.9 Å². The highest BCUT2D eigenvalue weighted by Crippen LogP contribution is 2.17. The maximum Gasteiger partial charge on any atom is 0.227 e. The number of aromatic nitrogens is 1. The number of pyridine rings is 1. The van der Waals surface area contributed by atoms with Gasteiger partial charge in [-0.05, 0) is 30.3 Å². The Morgan fingerprint density at radius 2 is 1.77 bits per heavy atom. The second-order valence-electron chi connectivity index (χ2n) is 4.41. The normalized spacial score (nSPS) is 9.91. The molecule has 0 radical (unpaired) electrons. The molecule has 1 aromatic carbocycles. The van der Waals surface area contributed by atoms with E-state index in [0.717, 1.165) is 5.75 Å². The highest BCUT2D eigenvalue weighted by atomic mass is 16.5. The molecule has 1 aromatic heterocycles. The zero-order valence-corrected chi connectivity index (χ0v) is 12.5. The summed E-state index contributed by atoms with van der Waals surface area (Å²) in [6, 6.07) is 10.6. The monoisotopic (exact) mass is 302 g/mol. The topological polar surface area (TPSA) is 69.7 Å². The van der Waals surface area contributed by atoms with Crippen LogP contribution in [0.5, 0.6) is 17.4 Å². The average Bonchev–Trinajstić information content (AvgIpc) is 2.56. The lowest BCUT2D eigenvalue weighted by Crippen LogP contribution is -2.15. The lowest BCUT2D eigenvalue weighted by atomic mass is 10.3. The molecule has 0 aliphatic carbocycles. The molecular formula is C16H18N2O4. The molecule has 0 atom stereocenters. The van der Waals surface area contributed by atoms with Gasteiger partial charge >= 0.3 is 0 Å². The summed E-state index contributed by atoms with van der Waals surface area (Å²) in [5.74, 6) is 1.82. The van der Waals surface area contributed by atoms with Crippen molar-refractivity contribution in [2.45, 2.75) is 6.42 Å². The number of amides is 1. The molecule has 6 heteroatoms. The number of nitrogens with zero attached hydrogens (tertiary/aromatic N) is 1. The fourth-order valence-corrected chi connectivity index (χ4v) is 1.73. The minimum atomic E-state index is -0.138. The minimum Gasteiger partial charge on any atom is -0.497 e. The Balaban J connectivity index is 1.74. The number of hydrogen-bond acceptors (Lipinski definition) is 5. The van der Waals surface area contributed by atoms with Crippen LogP contribution in [0.2, 0.25) is 0 Å². The molecule has 6 nitrogen and oxygen atoms in total. The molecule has 0 spiro atoms. The maximum atomic E-state index is 11.8. The summed E-state index contributed by atoms with van der Waals surface area (Å²) in [7, 11) is 3.14. The number of anilines is 1. The van der Waals surface area contributed by atoms with Gasteiger partial charge in [0.15, 0.2) is 0 Å². The summed E-state index contributed by atoms with van der Waals surface area (Å²) in [5, 5.41) is 2.74. The third-order valence-corrected chi connectivity index (χ3v) is 2.89. The largest absolute Gasteiger partial charge is 0.497 e. The second kappa shape index (κ2) is 7.87. The van der Waals surface area contributed by atoms with Gasteiger partial charge in [-0.1, -0.05) is 0 Å². The van der Waals surface area contributed by atoms with Crippen LogP contribution in [0.3, 0.4) is 0 Å². The van der Waals surface area contributed by atoms with E-state index in [-0.39, 0.29) is 12.3 Å². The summed E-state index contributed by atoms with van der Waals surface area (Å²) in [5.41, 5.74) is 0.621. The van der Waals surface area contributed by atoms with Crippen LogP contribution in [-0.4, -0.2) is 31.7 Å². The molecule has 1 amide bonds. The number of carbonyl (C=O) groups excluding carboxylic acids is 1. The molecule has 0 bridgehead atoms. The van der Waals surface area contributed by atoms with Crippen molar-refractivity contribution in [3.63, 3.8) is 0 Å². The first-order chi connectivity index (χ1) is 10.7. The number of carbonyl (C=O) groups is 1. The van der Waals surface area contributed by atoms with Crippen molar-refractivity contribution in [3.05, 3.63) is 42.6 Å². The number of ether oxygens (including phenoxy) is 3. The highest BCUT2D eigenvalue weighted by Gasteiger charge is 2.04. The van der Waals surface area contributed by atoms with Gasteiger partial charge in [0.2, 0.25) is 11.8 Å². The van der Waals surface area contributed by atoms with E-state index < -0.39 is 0 Å². The first-order valence-corrected chi connectivity index (χ1v) is 6.78. The van der Waals surface area contributed by atoms with Gasteiger partial charge in [0.1, 0.15) is 11.5 Å². The smallest absolute Gasteiger partial charge is 0.227 e. The number of methoxy groups -OCH3 is 2. The van der Waals surface area contributed by atoms with Gasteiger partial charge in [-0.3, -0.25) is 4.79 Å². The molecule has 116 valence electrons. The van der Waals surface area contributed by atoms with Gasteiger partial charge < -0.3 is 19.5 Å². The molecular weight excluding hydrogens is 284 g/mol. The third kappa shape index (κ3) is 4.66.